The number of rotatable bonds is 8. The van der Waals surface area contributed by atoms with E-state index in [0.717, 1.165) is 25.7 Å². The van der Waals surface area contributed by atoms with Crippen molar-refractivity contribution in [1.29, 1.82) is 0 Å². The molecule has 0 unspecified atom stereocenters. The van der Waals surface area contributed by atoms with Crippen LogP contribution in [-0.4, -0.2) is 27.3 Å². The first-order valence-electron chi connectivity index (χ1n) is 10.1. The summed E-state index contributed by atoms with van der Waals surface area (Å²) >= 11 is 4.43. The van der Waals surface area contributed by atoms with Crippen LogP contribution >= 0.6 is 34.4 Å². The quantitative estimate of drug-likeness (QED) is 0.279. The largest absolute Gasteiger partial charge is 0.497 e. The molecule has 5 rings (SSSR count). The third-order valence-corrected chi connectivity index (χ3v) is 8.03. The van der Waals surface area contributed by atoms with Crippen LogP contribution in [0.25, 0.3) is 20.7 Å². The molecule has 0 spiro atoms. The molecule has 0 aliphatic heterocycles. The number of aromatic nitrogens is 4. The fourth-order valence-electron chi connectivity index (χ4n) is 3.20. The van der Waals surface area contributed by atoms with Gasteiger partial charge in [0.1, 0.15) is 16.3 Å². The number of methoxy groups -OCH3 is 1. The number of hydrogen-bond donors (Lipinski definition) is 2. The van der Waals surface area contributed by atoms with Gasteiger partial charge in [-0.25, -0.2) is 4.98 Å². The number of aromatic amines is 1. The first-order valence-corrected chi connectivity index (χ1v) is 12.7. The highest BCUT2D eigenvalue weighted by atomic mass is 32.2. The number of hydrogen-bond acceptors (Lipinski definition) is 9. The van der Waals surface area contributed by atoms with E-state index < -0.39 is 0 Å². The molecular weight excluding hydrogens is 474 g/mol. The molecule has 2 N–H and O–H groups in total. The summed E-state index contributed by atoms with van der Waals surface area (Å²) in [4.78, 5) is 21.2. The Bertz CT molecular complexity index is 1430. The number of anilines is 1. The predicted molar refractivity (Wildman–Crippen MR) is 135 cm³/mol. The summed E-state index contributed by atoms with van der Waals surface area (Å²) in [7, 11) is 1.64. The van der Waals surface area contributed by atoms with Gasteiger partial charge in [-0.1, -0.05) is 53.4 Å². The van der Waals surface area contributed by atoms with Crippen molar-refractivity contribution in [3.8, 4) is 16.2 Å². The number of thiophene rings is 1. The average molecular weight is 494 g/mol. The van der Waals surface area contributed by atoms with Gasteiger partial charge in [-0.15, -0.1) is 21.5 Å². The maximum Gasteiger partial charge on any atom is 0.268 e. The zero-order valence-corrected chi connectivity index (χ0v) is 20.0. The smallest absolute Gasteiger partial charge is 0.268 e. The molecule has 0 amide bonds. The van der Waals surface area contributed by atoms with Crippen LogP contribution < -0.4 is 15.6 Å². The minimum atomic E-state index is -0.122. The fourth-order valence-corrected chi connectivity index (χ4v) is 5.81. The van der Waals surface area contributed by atoms with Crippen molar-refractivity contribution < 1.29 is 4.74 Å². The van der Waals surface area contributed by atoms with Gasteiger partial charge in [0.15, 0.2) is 4.34 Å². The average Bonchev–Trinajstić information content (AvgIpc) is 3.49. The molecular formula is C23H19N5O2S3. The van der Waals surface area contributed by atoms with Gasteiger partial charge >= 0.3 is 0 Å². The van der Waals surface area contributed by atoms with E-state index in [-0.39, 0.29) is 5.56 Å². The number of nitrogens with one attached hydrogen (secondary N) is 2. The minimum absolute atomic E-state index is 0.122. The Kier molecular flexibility index (Phi) is 6.38. The van der Waals surface area contributed by atoms with Gasteiger partial charge in [-0.05, 0) is 41.5 Å². The first kappa shape index (κ1) is 21.6. The number of fused-ring (bicyclic) bond motifs is 1. The highest BCUT2D eigenvalue weighted by Gasteiger charge is 2.12. The van der Waals surface area contributed by atoms with Gasteiger partial charge < -0.3 is 15.0 Å². The summed E-state index contributed by atoms with van der Waals surface area (Å²) in [5.41, 5.74) is 2.79. The van der Waals surface area contributed by atoms with E-state index in [2.05, 4.69) is 37.6 Å². The van der Waals surface area contributed by atoms with Gasteiger partial charge in [0.25, 0.3) is 5.56 Å². The molecule has 3 heterocycles. The minimum Gasteiger partial charge on any atom is -0.497 e. The van der Waals surface area contributed by atoms with Crippen molar-refractivity contribution in [2.75, 3.05) is 12.4 Å². The topological polar surface area (TPSA) is 92.8 Å². The summed E-state index contributed by atoms with van der Waals surface area (Å²) in [5, 5.41) is 12.5. The van der Waals surface area contributed by atoms with Gasteiger partial charge in [0.2, 0.25) is 5.13 Å². The van der Waals surface area contributed by atoms with E-state index in [1.54, 1.807) is 7.11 Å². The summed E-state index contributed by atoms with van der Waals surface area (Å²) in [6.45, 7) is 0.695. The van der Waals surface area contributed by atoms with Crippen LogP contribution in [0.15, 0.2) is 69.8 Å². The molecule has 3 aromatic heterocycles. The summed E-state index contributed by atoms with van der Waals surface area (Å²) in [5.74, 6) is 1.92. The second kappa shape index (κ2) is 9.74. The lowest BCUT2D eigenvalue weighted by atomic mass is 10.2. The van der Waals surface area contributed by atoms with Crippen LogP contribution in [0.1, 0.15) is 11.4 Å². The van der Waals surface area contributed by atoms with Crippen molar-refractivity contribution in [2.45, 2.75) is 16.6 Å². The second-order valence-electron chi connectivity index (χ2n) is 7.07. The molecule has 2 aromatic carbocycles. The van der Waals surface area contributed by atoms with E-state index in [1.807, 2.05) is 48.5 Å². The number of nitrogens with zero attached hydrogens (tertiary/aromatic N) is 3. The molecule has 0 bridgehead atoms. The van der Waals surface area contributed by atoms with Crippen molar-refractivity contribution in [3.63, 3.8) is 0 Å². The third kappa shape index (κ3) is 5.08. The van der Waals surface area contributed by atoms with Crippen molar-refractivity contribution >= 4 is 49.8 Å². The number of thioether (sulfide) groups is 1. The molecule has 5 aromatic rings. The van der Waals surface area contributed by atoms with Gasteiger partial charge in [-0.3, -0.25) is 4.79 Å². The lowest BCUT2D eigenvalue weighted by Crippen LogP contribution is -2.09. The molecule has 33 heavy (non-hydrogen) atoms. The molecule has 0 atom stereocenters. The van der Waals surface area contributed by atoms with E-state index in [4.69, 9.17) is 4.74 Å². The Morgan fingerprint density at radius 1 is 1.06 bits per heavy atom. The molecule has 0 aliphatic rings. The second-order valence-corrected chi connectivity index (χ2v) is 10.3. The number of benzene rings is 2. The molecule has 0 fully saturated rings. The van der Waals surface area contributed by atoms with Gasteiger partial charge in [-0.2, -0.15) is 0 Å². The Balaban J connectivity index is 1.26. The van der Waals surface area contributed by atoms with Crippen molar-refractivity contribution in [1.82, 2.24) is 20.2 Å². The van der Waals surface area contributed by atoms with Crippen LogP contribution in [-0.2, 0) is 12.3 Å². The first-order chi connectivity index (χ1) is 16.2. The van der Waals surface area contributed by atoms with Crippen LogP contribution in [0.5, 0.6) is 5.75 Å². The highest BCUT2D eigenvalue weighted by molar-refractivity contribution is 8.00. The Morgan fingerprint density at radius 3 is 2.67 bits per heavy atom. The van der Waals surface area contributed by atoms with E-state index in [1.165, 1.54) is 40.0 Å². The van der Waals surface area contributed by atoms with Crippen LogP contribution in [0.3, 0.4) is 0 Å². The molecule has 7 nitrogen and oxygen atoms in total. The Hall–Kier alpha value is -3.21. The standard InChI is InChI=1S/C23H19N5O2S3/c1-30-16-9-7-15(8-10-16)18-11-17-20(32-18)21(29)26-19(25-17)13-31-23-28-27-22(33-23)24-12-14-5-3-2-4-6-14/h2-11H,12-13H2,1H3,(H,24,27)(H,25,26,29). The summed E-state index contributed by atoms with van der Waals surface area (Å²) in [6, 6.07) is 19.9. The van der Waals surface area contributed by atoms with Crippen LogP contribution in [0.2, 0.25) is 0 Å². The van der Waals surface area contributed by atoms with Gasteiger partial charge in [0.05, 0.1) is 18.4 Å². The van der Waals surface area contributed by atoms with Crippen LogP contribution in [0.4, 0.5) is 5.13 Å². The van der Waals surface area contributed by atoms with E-state index in [0.29, 0.717) is 28.3 Å². The van der Waals surface area contributed by atoms with E-state index in [9.17, 15) is 4.79 Å². The normalized spacial score (nSPS) is 11.1. The lowest BCUT2D eigenvalue weighted by molar-refractivity contribution is 0.415. The fraction of sp³-hybridized carbons (Fsp3) is 0.130. The molecule has 0 saturated heterocycles. The number of ether oxygens (including phenoxy) is 1. The molecule has 0 radical (unpaired) electrons. The van der Waals surface area contributed by atoms with Crippen LogP contribution in [0, 0.1) is 0 Å². The molecule has 0 aliphatic carbocycles. The summed E-state index contributed by atoms with van der Waals surface area (Å²) < 4.78 is 6.66. The maximum atomic E-state index is 12.6. The monoisotopic (exact) mass is 493 g/mol. The predicted octanol–water partition coefficient (Wildman–Crippen LogP) is 5.42. The molecule has 10 heteroatoms. The Labute approximate surface area is 201 Å². The third-order valence-electron chi connectivity index (χ3n) is 4.83. The van der Waals surface area contributed by atoms with Gasteiger partial charge in [0, 0.05) is 11.4 Å². The molecule has 166 valence electrons. The maximum absolute atomic E-state index is 12.6. The van der Waals surface area contributed by atoms with Crippen molar-refractivity contribution in [2.24, 2.45) is 0 Å². The zero-order valence-electron chi connectivity index (χ0n) is 17.6. The van der Waals surface area contributed by atoms with E-state index >= 15 is 0 Å². The molecule has 0 saturated carbocycles. The number of H-pyrrole nitrogens is 1. The lowest BCUT2D eigenvalue weighted by Gasteiger charge is -2.01. The van der Waals surface area contributed by atoms with Crippen molar-refractivity contribution in [3.05, 3.63) is 82.4 Å². The zero-order chi connectivity index (χ0) is 22.6. The Morgan fingerprint density at radius 2 is 1.88 bits per heavy atom. The highest BCUT2D eigenvalue weighted by Crippen LogP contribution is 2.33. The SMILES string of the molecule is COc1ccc(-c2cc3nc(CSc4nnc(NCc5ccccc5)s4)[nH]c(=O)c3s2)cc1. The summed E-state index contributed by atoms with van der Waals surface area (Å²) in [6.07, 6.45) is 0.